The van der Waals surface area contributed by atoms with Crippen LogP contribution in [0.4, 0.5) is 0 Å². The van der Waals surface area contributed by atoms with E-state index in [9.17, 15) is 5.11 Å². The number of ether oxygens (including phenoxy) is 1. The van der Waals surface area contributed by atoms with Crippen molar-refractivity contribution in [2.75, 3.05) is 44.9 Å². The molecule has 8 heteroatoms. The third-order valence-corrected chi connectivity index (χ3v) is 20.9. The smallest absolute Gasteiger partial charge is 0.374 e. The second-order valence-corrected chi connectivity index (χ2v) is 24.5. The predicted octanol–water partition coefficient (Wildman–Crippen LogP) is 10.0. The van der Waals surface area contributed by atoms with Gasteiger partial charge in [-0.25, -0.2) is 0 Å². The number of benzene rings is 1. The van der Waals surface area contributed by atoms with E-state index in [0.717, 1.165) is 37.7 Å². The van der Waals surface area contributed by atoms with Crippen molar-refractivity contribution in [1.29, 1.82) is 0 Å². The van der Waals surface area contributed by atoms with Gasteiger partial charge in [0.1, 0.15) is 0 Å². The molecule has 0 bridgehead atoms. The van der Waals surface area contributed by atoms with Crippen molar-refractivity contribution < 1.29 is 23.1 Å². The molecule has 0 unspecified atom stereocenters. The standard InChI is InChI=1S/C32H62BrO5PSi/c1-7-13-25-39(33,26-14-8-2,27-15-9-3)32-29-30(34)22-23-31(32)35-24-20-18-16-17-19-21-28-40(36-10-4,37-11-5)38-12-6/h22-23,29,34H,7-21,24-28H2,1-6H3. The molecule has 0 saturated heterocycles. The van der Waals surface area contributed by atoms with Crippen LogP contribution in [0.15, 0.2) is 18.2 Å². The van der Waals surface area contributed by atoms with E-state index < -0.39 is 14.1 Å². The van der Waals surface area contributed by atoms with Gasteiger partial charge in [-0.3, -0.25) is 0 Å². The van der Waals surface area contributed by atoms with Gasteiger partial charge in [0.15, 0.2) is 0 Å². The van der Waals surface area contributed by atoms with E-state index in [1.807, 2.05) is 32.9 Å². The fourth-order valence-corrected chi connectivity index (χ4v) is 17.1. The van der Waals surface area contributed by atoms with Crippen molar-refractivity contribution in [1.82, 2.24) is 0 Å². The van der Waals surface area contributed by atoms with Crippen LogP contribution >= 0.6 is 20.8 Å². The molecule has 0 fully saturated rings. The average molecular weight is 666 g/mol. The summed E-state index contributed by atoms with van der Waals surface area (Å²) >= 11 is 4.51. The number of hydrogen-bond donors (Lipinski definition) is 1. The van der Waals surface area contributed by atoms with Crippen molar-refractivity contribution >= 4 is 34.9 Å². The quantitative estimate of drug-likeness (QED) is 0.0607. The first-order valence-corrected chi connectivity index (χ1v) is 23.1. The first-order valence-electron chi connectivity index (χ1n) is 16.4. The Morgan fingerprint density at radius 3 is 1.62 bits per heavy atom. The van der Waals surface area contributed by atoms with E-state index in [1.165, 1.54) is 81.6 Å². The molecule has 0 aromatic heterocycles. The number of phenolic OH excluding ortho intramolecular Hbond substituents is 1. The molecule has 1 aromatic carbocycles. The molecule has 0 amide bonds. The van der Waals surface area contributed by atoms with Crippen molar-refractivity contribution in [3.8, 4) is 11.5 Å². The minimum absolute atomic E-state index is 0.352. The SMILES string of the molecule is CCCCP(Br)(CCCC)(CCCC)c1cc(O)ccc1OCCCCCCCC[Si](OCC)(OCC)OCC. The van der Waals surface area contributed by atoms with Gasteiger partial charge in [-0.2, -0.15) is 0 Å². The first-order chi connectivity index (χ1) is 19.3. The third kappa shape index (κ3) is 12.6. The minimum Gasteiger partial charge on any atom is -0.374 e. The molecule has 1 rings (SSSR count). The fraction of sp³-hybridized carbons (Fsp3) is 0.812. The van der Waals surface area contributed by atoms with Gasteiger partial charge in [-0.15, -0.1) is 0 Å². The summed E-state index contributed by atoms with van der Waals surface area (Å²) in [6.45, 7) is 15.5. The van der Waals surface area contributed by atoms with Crippen LogP contribution < -0.4 is 10.0 Å². The second kappa shape index (κ2) is 20.7. The number of aromatic hydroxyl groups is 1. The van der Waals surface area contributed by atoms with Gasteiger partial charge in [0, 0.05) is 19.8 Å². The van der Waals surface area contributed by atoms with Crippen molar-refractivity contribution in [2.24, 2.45) is 0 Å². The van der Waals surface area contributed by atoms with Crippen LogP contribution in [0.1, 0.15) is 119 Å². The zero-order chi connectivity index (χ0) is 29.8. The molecular formula is C32H62BrO5PSi. The molecule has 0 spiro atoms. The molecule has 0 heterocycles. The molecule has 0 atom stereocenters. The monoisotopic (exact) mass is 664 g/mol. The van der Waals surface area contributed by atoms with E-state index in [1.54, 1.807) is 6.07 Å². The minimum atomic E-state index is -2.51. The van der Waals surface area contributed by atoms with Crippen molar-refractivity contribution in [2.45, 2.75) is 125 Å². The van der Waals surface area contributed by atoms with E-state index in [-0.39, 0.29) is 0 Å². The Morgan fingerprint density at radius 1 is 0.675 bits per heavy atom. The van der Waals surface area contributed by atoms with Crippen LogP contribution in [-0.4, -0.2) is 58.8 Å². The number of halogens is 1. The maximum absolute atomic E-state index is 10.6. The Labute approximate surface area is 256 Å². The van der Waals surface area contributed by atoms with Gasteiger partial charge in [0.2, 0.25) is 0 Å². The van der Waals surface area contributed by atoms with E-state index in [0.29, 0.717) is 25.6 Å². The number of rotatable bonds is 26. The van der Waals surface area contributed by atoms with Crippen LogP contribution in [0.5, 0.6) is 11.5 Å². The van der Waals surface area contributed by atoms with Gasteiger partial charge < -0.3 is 13.3 Å². The number of hydrogen-bond acceptors (Lipinski definition) is 5. The van der Waals surface area contributed by atoms with Crippen LogP contribution in [0, 0.1) is 0 Å². The summed E-state index contributed by atoms with van der Waals surface area (Å²) in [7, 11) is -2.51. The molecule has 0 aliphatic heterocycles. The predicted molar refractivity (Wildman–Crippen MR) is 182 cm³/mol. The van der Waals surface area contributed by atoms with Gasteiger partial charge in [0.25, 0.3) is 0 Å². The average Bonchev–Trinajstić information content (AvgIpc) is 2.94. The van der Waals surface area contributed by atoms with Crippen molar-refractivity contribution in [3.63, 3.8) is 0 Å². The van der Waals surface area contributed by atoms with E-state index in [4.69, 9.17) is 18.0 Å². The zero-order valence-corrected chi connectivity index (χ0v) is 30.3. The molecule has 1 aromatic rings. The van der Waals surface area contributed by atoms with E-state index >= 15 is 0 Å². The van der Waals surface area contributed by atoms with E-state index in [2.05, 4.69) is 36.3 Å². The maximum atomic E-state index is 10.6. The Bertz CT molecular complexity index is 755. The summed E-state index contributed by atoms with van der Waals surface area (Å²) in [4.78, 5) is 0. The molecule has 0 saturated carbocycles. The topological polar surface area (TPSA) is 57.2 Å². The molecule has 5 nitrogen and oxygen atoms in total. The third-order valence-electron chi connectivity index (χ3n) is 7.84. The summed E-state index contributed by atoms with van der Waals surface area (Å²) in [5.41, 5.74) is 0. The first kappa shape index (κ1) is 37.9. The number of phenols is 1. The molecule has 40 heavy (non-hydrogen) atoms. The van der Waals surface area contributed by atoms with Crippen molar-refractivity contribution in [3.05, 3.63) is 18.2 Å². The van der Waals surface area contributed by atoms with Gasteiger partial charge in [-0.1, -0.05) is 0 Å². The van der Waals surface area contributed by atoms with Gasteiger partial charge >= 0.3 is 203 Å². The normalized spacial score (nSPS) is 13.3. The molecule has 0 aliphatic rings. The van der Waals surface area contributed by atoms with Crippen LogP contribution in [0.3, 0.4) is 0 Å². The second-order valence-electron chi connectivity index (χ2n) is 11.2. The molecule has 1 N–H and O–H groups in total. The molecule has 0 radical (unpaired) electrons. The fourth-order valence-electron chi connectivity index (χ4n) is 5.66. The zero-order valence-electron chi connectivity index (χ0n) is 26.8. The molecule has 0 aliphatic carbocycles. The Kier molecular flexibility index (Phi) is 19.6. The summed E-state index contributed by atoms with van der Waals surface area (Å²) in [6, 6.07) is 6.74. The summed E-state index contributed by atoms with van der Waals surface area (Å²) in [5, 5.41) is 9.40. The summed E-state index contributed by atoms with van der Waals surface area (Å²) in [6.07, 6.45) is 17.6. The van der Waals surface area contributed by atoms with Gasteiger partial charge in [-0.05, 0) is 20.8 Å². The van der Waals surface area contributed by atoms with Gasteiger partial charge in [0.05, 0.1) is 0 Å². The molecule has 236 valence electrons. The Balaban J connectivity index is 2.74. The summed E-state index contributed by atoms with van der Waals surface area (Å²) in [5.74, 6) is 1.34. The van der Waals surface area contributed by atoms with Crippen LogP contribution in [0.2, 0.25) is 6.04 Å². The molecular weight excluding hydrogens is 603 g/mol. The number of unbranched alkanes of at least 4 members (excludes halogenated alkanes) is 8. The van der Waals surface area contributed by atoms with Crippen LogP contribution in [-0.2, 0) is 13.3 Å². The Morgan fingerprint density at radius 2 is 1.15 bits per heavy atom. The Hall–Kier alpha value is -0.173. The summed E-state index contributed by atoms with van der Waals surface area (Å²) < 4.78 is 24.5. The van der Waals surface area contributed by atoms with Crippen LogP contribution in [0.25, 0.3) is 0 Å².